The van der Waals surface area contributed by atoms with Crippen LogP contribution in [0.2, 0.25) is 0 Å². The predicted molar refractivity (Wildman–Crippen MR) is 68.5 cm³/mol. The van der Waals surface area contributed by atoms with Crippen LogP contribution in [-0.2, 0) is 0 Å². The first-order valence-corrected chi connectivity index (χ1v) is 5.10. The summed E-state index contributed by atoms with van der Waals surface area (Å²) < 4.78 is 0. The molecule has 16 heavy (non-hydrogen) atoms. The van der Waals surface area contributed by atoms with E-state index in [2.05, 4.69) is 21.9 Å². The van der Waals surface area contributed by atoms with Crippen LogP contribution >= 0.6 is 0 Å². The first kappa shape index (κ1) is 10.4. The number of allylic oxidation sites excluding steroid dienone is 1. The molecule has 1 unspecified atom stereocenters. The Kier molecular flexibility index (Phi) is 3.28. The van der Waals surface area contributed by atoms with E-state index in [-0.39, 0.29) is 6.17 Å². The van der Waals surface area contributed by atoms with Gasteiger partial charge in [0, 0.05) is 6.21 Å². The number of hydrogen-bond donors (Lipinski definition) is 1. The molecule has 1 N–H and O–H groups in total. The standard InChI is InChI=1S/C13H13N3/c1-2-8-14-13-9-12(15-10-16-13)11-6-4-3-5-7-11/h2-10,13H,1H2,(H,15,16)/b14-8-. The summed E-state index contributed by atoms with van der Waals surface area (Å²) in [7, 11) is 0. The lowest BCUT2D eigenvalue weighted by Gasteiger charge is -2.14. The number of nitrogens with one attached hydrogen (secondary N) is 1. The zero-order valence-electron chi connectivity index (χ0n) is 8.88. The van der Waals surface area contributed by atoms with Gasteiger partial charge in [-0.05, 0) is 11.6 Å². The van der Waals surface area contributed by atoms with Gasteiger partial charge < -0.3 is 5.32 Å². The van der Waals surface area contributed by atoms with Crippen molar-refractivity contribution in [3.63, 3.8) is 0 Å². The second-order valence-electron chi connectivity index (χ2n) is 3.32. The summed E-state index contributed by atoms with van der Waals surface area (Å²) in [6.45, 7) is 3.59. The number of hydrogen-bond acceptors (Lipinski definition) is 3. The van der Waals surface area contributed by atoms with Crippen LogP contribution in [-0.4, -0.2) is 18.7 Å². The first-order chi connectivity index (χ1) is 7.90. The van der Waals surface area contributed by atoms with E-state index >= 15 is 0 Å². The highest BCUT2D eigenvalue weighted by atomic mass is 15.1. The molecule has 0 spiro atoms. The predicted octanol–water partition coefficient (Wildman–Crippen LogP) is 2.24. The molecule has 80 valence electrons. The molecule has 0 bridgehead atoms. The minimum atomic E-state index is -0.0642. The molecule has 1 atom stereocenters. The van der Waals surface area contributed by atoms with Crippen molar-refractivity contribution < 1.29 is 0 Å². The van der Waals surface area contributed by atoms with Gasteiger partial charge in [-0.3, -0.25) is 4.99 Å². The SMILES string of the molecule is C=C/C=N\C1C=C(c2ccccc2)N=CN1. The van der Waals surface area contributed by atoms with Gasteiger partial charge in [-0.15, -0.1) is 0 Å². The van der Waals surface area contributed by atoms with Crippen LogP contribution in [0.4, 0.5) is 0 Å². The zero-order chi connectivity index (χ0) is 11.2. The molecule has 0 saturated heterocycles. The van der Waals surface area contributed by atoms with Gasteiger partial charge >= 0.3 is 0 Å². The van der Waals surface area contributed by atoms with Crippen molar-refractivity contribution in [1.29, 1.82) is 0 Å². The van der Waals surface area contributed by atoms with E-state index in [9.17, 15) is 0 Å². The molecule has 0 aliphatic carbocycles. The number of aliphatic imine (C=N–C) groups is 2. The van der Waals surface area contributed by atoms with Crippen molar-refractivity contribution in [1.82, 2.24) is 5.32 Å². The quantitative estimate of drug-likeness (QED) is 0.765. The third-order valence-electron chi connectivity index (χ3n) is 2.19. The fourth-order valence-electron chi connectivity index (χ4n) is 1.44. The van der Waals surface area contributed by atoms with Gasteiger partial charge in [0.25, 0.3) is 0 Å². The monoisotopic (exact) mass is 211 g/mol. The van der Waals surface area contributed by atoms with Crippen LogP contribution in [0.1, 0.15) is 5.56 Å². The molecule has 1 aliphatic heterocycles. The summed E-state index contributed by atoms with van der Waals surface area (Å²) in [5.74, 6) is 0. The molecule has 1 heterocycles. The first-order valence-electron chi connectivity index (χ1n) is 5.10. The van der Waals surface area contributed by atoms with Gasteiger partial charge in [0.15, 0.2) is 0 Å². The average molecular weight is 211 g/mol. The lowest BCUT2D eigenvalue weighted by molar-refractivity contribution is 0.777. The summed E-state index contributed by atoms with van der Waals surface area (Å²) in [5, 5.41) is 3.04. The van der Waals surface area contributed by atoms with E-state index in [1.807, 2.05) is 36.4 Å². The number of rotatable bonds is 3. The molecule has 0 saturated carbocycles. The second kappa shape index (κ2) is 5.07. The largest absolute Gasteiger partial charge is 0.351 e. The average Bonchev–Trinajstić information content (AvgIpc) is 2.38. The Morgan fingerprint density at radius 1 is 1.31 bits per heavy atom. The molecule has 1 aromatic carbocycles. The molecular formula is C13H13N3. The van der Waals surface area contributed by atoms with Gasteiger partial charge in [-0.2, -0.15) is 0 Å². The maximum absolute atomic E-state index is 4.28. The van der Waals surface area contributed by atoms with Crippen molar-refractivity contribution in [3.8, 4) is 0 Å². The van der Waals surface area contributed by atoms with Gasteiger partial charge in [-0.25, -0.2) is 4.99 Å². The van der Waals surface area contributed by atoms with Gasteiger partial charge in [0.1, 0.15) is 6.17 Å². The molecule has 1 aliphatic rings. The Bertz CT molecular complexity index is 444. The van der Waals surface area contributed by atoms with Gasteiger partial charge in [-0.1, -0.05) is 43.0 Å². The fourth-order valence-corrected chi connectivity index (χ4v) is 1.44. The Hall–Kier alpha value is -2.16. The van der Waals surface area contributed by atoms with Crippen LogP contribution < -0.4 is 5.32 Å². The fraction of sp³-hybridized carbons (Fsp3) is 0.0769. The van der Waals surface area contributed by atoms with Crippen molar-refractivity contribution in [2.45, 2.75) is 6.17 Å². The van der Waals surface area contributed by atoms with Gasteiger partial charge in [0.05, 0.1) is 12.0 Å². The minimum Gasteiger partial charge on any atom is -0.351 e. The summed E-state index contributed by atoms with van der Waals surface area (Å²) in [6.07, 6.45) is 6.92. The van der Waals surface area contributed by atoms with E-state index in [1.165, 1.54) is 0 Å². The van der Waals surface area contributed by atoms with Gasteiger partial charge in [0.2, 0.25) is 0 Å². The molecule has 0 aromatic heterocycles. The third kappa shape index (κ3) is 2.45. The molecule has 3 heteroatoms. The van der Waals surface area contributed by atoms with Crippen molar-refractivity contribution in [2.24, 2.45) is 9.98 Å². The van der Waals surface area contributed by atoms with Crippen LogP contribution in [0.25, 0.3) is 5.70 Å². The smallest absolute Gasteiger partial charge is 0.140 e. The minimum absolute atomic E-state index is 0.0642. The topological polar surface area (TPSA) is 36.8 Å². The van der Waals surface area contributed by atoms with Crippen LogP contribution in [0, 0.1) is 0 Å². The number of benzene rings is 1. The maximum Gasteiger partial charge on any atom is 0.140 e. The summed E-state index contributed by atoms with van der Waals surface area (Å²) in [5.41, 5.74) is 2.03. The van der Waals surface area contributed by atoms with Crippen LogP contribution in [0.15, 0.2) is 59.0 Å². The van der Waals surface area contributed by atoms with E-state index in [0.29, 0.717) is 0 Å². The Morgan fingerprint density at radius 3 is 2.88 bits per heavy atom. The molecule has 3 nitrogen and oxygen atoms in total. The Morgan fingerprint density at radius 2 is 2.12 bits per heavy atom. The molecule has 0 fully saturated rings. The van der Waals surface area contributed by atoms with Crippen molar-refractivity contribution >= 4 is 18.3 Å². The van der Waals surface area contributed by atoms with E-state index < -0.39 is 0 Å². The molecule has 0 radical (unpaired) electrons. The lowest BCUT2D eigenvalue weighted by atomic mass is 10.1. The van der Waals surface area contributed by atoms with Crippen molar-refractivity contribution in [2.75, 3.05) is 0 Å². The van der Waals surface area contributed by atoms with Crippen LogP contribution in [0.3, 0.4) is 0 Å². The second-order valence-corrected chi connectivity index (χ2v) is 3.32. The van der Waals surface area contributed by atoms with E-state index in [4.69, 9.17) is 0 Å². The van der Waals surface area contributed by atoms with E-state index in [0.717, 1.165) is 11.3 Å². The van der Waals surface area contributed by atoms with E-state index in [1.54, 1.807) is 18.6 Å². The highest BCUT2D eigenvalue weighted by molar-refractivity contribution is 5.77. The lowest BCUT2D eigenvalue weighted by Crippen LogP contribution is -2.26. The maximum atomic E-state index is 4.28. The molecule has 2 rings (SSSR count). The summed E-state index contributed by atoms with van der Waals surface area (Å²) in [4.78, 5) is 8.54. The molecular weight excluding hydrogens is 198 g/mol. The van der Waals surface area contributed by atoms with Crippen LogP contribution in [0.5, 0.6) is 0 Å². The van der Waals surface area contributed by atoms with Crippen molar-refractivity contribution in [3.05, 3.63) is 54.6 Å². The normalized spacial score (nSPS) is 19.2. The number of nitrogens with zero attached hydrogens (tertiary/aromatic N) is 2. The highest BCUT2D eigenvalue weighted by Crippen LogP contribution is 2.17. The zero-order valence-corrected chi connectivity index (χ0v) is 8.88. The third-order valence-corrected chi connectivity index (χ3v) is 2.19. The Balaban J connectivity index is 2.21. The Labute approximate surface area is 94.9 Å². The molecule has 0 amide bonds. The summed E-state index contributed by atoms with van der Waals surface area (Å²) >= 11 is 0. The highest BCUT2D eigenvalue weighted by Gasteiger charge is 2.08. The molecule has 1 aromatic rings. The summed E-state index contributed by atoms with van der Waals surface area (Å²) in [6, 6.07) is 10.0.